The molecule has 0 aliphatic rings. The highest BCUT2D eigenvalue weighted by atomic mass is 127. The molecule has 0 saturated carbocycles. The molecule has 0 aromatic rings. The fourth-order valence-corrected chi connectivity index (χ4v) is 1.16. The lowest BCUT2D eigenvalue weighted by Gasteiger charge is -2.16. The van der Waals surface area contributed by atoms with Crippen LogP contribution in [-0.2, 0) is 0 Å². The third-order valence-corrected chi connectivity index (χ3v) is 2.34. The summed E-state index contributed by atoms with van der Waals surface area (Å²) in [5.74, 6) is 0.436. The van der Waals surface area contributed by atoms with Crippen molar-refractivity contribution in [2.45, 2.75) is 26.4 Å². The van der Waals surface area contributed by atoms with Crippen molar-refractivity contribution < 1.29 is 13.2 Å². The van der Waals surface area contributed by atoms with Gasteiger partial charge in [0.15, 0.2) is 5.96 Å². The Labute approximate surface area is 130 Å². The molecule has 4 nitrogen and oxygen atoms in total. The molecule has 19 heavy (non-hydrogen) atoms. The molecule has 116 valence electrons. The van der Waals surface area contributed by atoms with Crippen LogP contribution in [0.15, 0.2) is 4.99 Å². The van der Waals surface area contributed by atoms with Gasteiger partial charge < -0.3 is 15.5 Å². The smallest absolute Gasteiger partial charge is 0.357 e. The van der Waals surface area contributed by atoms with Gasteiger partial charge in [0.2, 0.25) is 0 Å². The summed E-state index contributed by atoms with van der Waals surface area (Å²) in [7, 11) is 1.98. The van der Waals surface area contributed by atoms with Gasteiger partial charge in [-0.15, -0.1) is 24.0 Å². The molecule has 0 spiro atoms. The normalized spacial score (nSPS) is 12.3. The first kappa shape index (κ1) is 21.1. The molecular formula is C11H24F3IN4. The van der Waals surface area contributed by atoms with E-state index in [0.717, 1.165) is 13.1 Å². The molecule has 2 N–H and O–H groups in total. The Hall–Kier alpha value is -0.250. The number of guanidine groups is 1. The Morgan fingerprint density at radius 1 is 1.21 bits per heavy atom. The molecule has 0 fully saturated rings. The van der Waals surface area contributed by atoms with E-state index in [1.807, 2.05) is 20.9 Å². The average Bonchev–Trinajstić information content (AvgIpc) is 2.27. The number of rotatable bonds is 7. The van der Waals surface area contributed by atoms with E-state index in [0.29, 0.717) is 19.0 Å². The maximum Gasteiger partial charge on any atom is 0.390 e. The number of aliphatic imine (C=N–C) groups is 1. The first-order chi connectivity index (χ1) is 8.39. The zero-order chi connectivity index (χ0) is 14.0. The SMILES string of the molecule is CCNC(=NCCC(F)(F)F)NCCN(C)CC.I. The third kappa shape index (κ3) is 14.0. The molecule has 0 aromatic heterocycles. The maximum absolute atomic E-state index is 12.0. The van der Waals surface area contributed by atoms with E-state index in [1.54, 1.807) is 0 Å². The van der Waals surface area contributed by atoms with E-state index < -0.39 is 12.6 Å². The maximum atomic E-state index is 12.0. The molecule has 0 aliphatic carbocycles. The number of likely N-dealkylation sites (N-methyl/N-ethyl adjacent to an activating group) is 1. The van der Waals surface area contributed by atoms with E-state index >= 15 is 0 Å². The molecule has 8 heteroatoms. The summed E-state index contributed by atoms with van der Waals surface area (Å²) >= 11 is 0. The van der Waals surface area contributed by atoms with Crippen LogP contribution in [0.5, 0.6) is 0 Å². The van der Waals surface area contributed by atoms with Crippen LogP contribution in [0.2, 0.25) is 0 Å². The van der Waals surface area contributed by atoms with Gasteiger partial charge in [-0.25, -0.2) is 0 Å². The first-order valence-corrected chi connectivity index (χ1v) is 6.16. The summed E-state index contributed by atoms with van der Waals surface area (Å²) < 4.78 is 35.9. The van der Waals surface area contributed by atoms with Crippen molar-refractivity contribution in [3.8, 4) is 0 Å². The Morgan fingerprint density at radius 3 is 2.32 bits per heavy atom. The first-order valence-electron chi connectivity index (χ1n) is 6.16. The molecule has 0 aromatic carbocycles. The number of alkyl halides is 3. The van der Waals surface area contributed by atoms with Gasteiger partial charge in [-0.1, -0.05) is 6.92 Å². The molecule has 0 atom stereocenters. The summed E-state index contributed by atoms with van der Waals surface area (Å²) in [6, 6.07) is 0. The van der Waals surface area contributed by atoms with Crippen molar-refractivity contribution in [3.05, 3.63) is 0 Å². The highest BCUT2D eigenvalue weighted by Crippen LogP contribution is 2.18. The van der Waals surface area contributed by atoms with E-state index in [-0.39, 0.29) is 30.5 Å². The summed E-state index contributed by atoms with van der Waals surface area (Å²) in [6.07, 6.45) is -5.04. The topological polar surface area (TPSA) is 39.7 Å². The lowest BCUT2D eigenvalue weighted by atomic mass is 10.4. The van der Waals surface area contributed by atoms with Gasteiger partial charge in [0.25, 0.3) is 0 Å². The van der Waals surface area contributed by atoms with Crippen LogP contribution in [-0.4, -0.2) is 56.8 Å². The van der Waals surface area contributed by atoms with Gasteiger partial charge in [-0.3, -0.25) is 4.99 Å². The van der Waals surface area contributed by atoms with Gasteiger partial charge in [0, 0.05) is 19.6 Å². The lowest BCUT2D eigenvalue weighted by molar-refractivity contribution is -0.132. The molecule has 0 rings (SSSR count). The molecule has 0 unspecified atom stereocenters. The Balaban J connectivity index is 0. The van der Waals surface area contributed by atoms with Crippen molar-refractivity contribution in [3.63, 3.8) is 0 Å². The van der Waals surface area contributed by atoms with Crippen molar-refractivity contribution in [2.24, 2.45) is 4.99 Å². The number of hydrogen-bond donors (Lipinski definition) is 2. The zero-order valence-electron chi connectivity index (χ0n) is 11.7. The number of halogens is 4. The zero-order valence-corrected chi connectivity index (χ0v) is 14.0. The largest absolute Gasteiger partial charge is 0.390 e. The molecule has 0 bridgehead atoms. The Kier molecular flexibility index (Phi) is 12.8. The van der Waals surface area contributed by atoms with E-state index in [1.165, 1.54) is 0 Å². The molecule has 0 radical (unpaired) electrons. The van der Waals surface area contributed by atoms with Crippen molar-refractivity contribution in [1.82, 2.24) is 15.5 Å². The number of nitrogens with zero attached hydrogens (tertiary/aromatic N) is 2. The van der Waals surface area contributed by atoms with Crippen LogP contribution < -0.4 is 10.6 Å². The highest BCUT2D eigenvalue weighted by molar-refractivity contribution is 14.0. The standard InChI is InChI=1S/C11H23F3N4.HI/c1-4-15-10(16-7-6-11(12,13)14)17-8-9-18(3)5-2;/h4-9H2,1-3H3,(H2,15,16,17);1H. The third-order valence-electron chi connectivity index (χ3n) is 2.34. The van der Waals surface area contributed by atoms with Crippen LogP contribution >= 0.6 is 24.0 Å². The van der Waals surface area contributed by atoms with Gasteiger partial charge >= 0.3 is 6.18 Å². The van der Waals surface area contributed by atoms with E-state index in [4.69, 9.17) is 0 Å². The Bertz CT molecular complexity index is 247. The van der Waals surface area contributed by atoms with E-state index in [9.17, 15) is 13.2 Å². The summed E-state index contributed by atoms with van der Waals surface area (Å²) in [6.45, 7) is 6.71. The average molecular weight is 396 g/mol. The fourth-order valence-electron chi connectivity index (χ4n) is 1.16. The van der Waals surface area contributed by atoms with Crippen LogP contribution in [0.3, 0.4) is 0 Å². The second-order valence-electron chi connectivity index (χ2n) is 3.95. The molecule has 0 heterocycles. The van der Waals surface area contributed by atoms with Crippen LogP contribution in [0.4, 0.5) is 13.2 Å². The quantitative estimate of drug-likeness (QED) is 0.393. The monoisotopic (exact) mass is 396 g/mol. The minimum Gasteiger partial charge on any atom is -0.357 e. The fraction of sp³-hybridized carbons (Fsp3) is 0.909. The van der Waals surface area contributed by atoms with Gasteiger partial charge in [0.1, 0.15) is 0 Å². The van der Waals surface area contributed by atoms with Gasteiger partial charge in [0.05, 0.1) is 13.0 Å². The Morgan fingerprint density at radius 2 is 1.84 bits per heavy atom. The van der Waals surface area contributed by atoms with Gasteiger partial charge in [-0.2, -0.15) is 13.2 Å². The molecule has 0 saturated heterocycles. The van der Waals surface area contributed by atoms with Crippen LogP contribution in [0, 0.1) is 0 Å². The minimum atomic E-state index is -4.15. The summed E-state index contributed by atoms with van der Waals surface area (Å²) in [5, 5.41) is 5.92. The van der Waals surface area contributed by atoms with Gasteiger partial charge in [-0.05, 0) is 20.5 Å². The lowest BCUT2D eigenvalue weighted by Crippen LogP contribution is -2.41. The summed E-state index contributed by atoms with van der Waals surface area (Å²) in [5.41, 5.74) is 0. The van der Waals surface area contributed by atoms with Crippen molar-refractivity contribution >= 4 is 29.9 Å². The van der Waals surface area contributed by atoms with Crippen LogP contribution in [0.1, 0.15) is 20.3 Å². The van der Waals surface area contributed by atoms with Crippen LogP contribution in [0.25, 0.3) is 0 Å². The predicted molar refractivity (Wildman–Crippen MR) is 83.2 cm³/mol. The second-order valence-corrected chi connectivity index (χ2v) is 3.95. The highest BCUT2D eigenvalue weighted by Gasteiger charge is 2.26. The predicted octanol–water partition coefficient (Wildman–Crippen LogP) is 2.06. The number of nitrogens with one attached hydrogen (secondary N) is 2. The minimum absolute atomic E-state index is 0. The molecule has 0 aliphatic heterocycles. The summed E-state index contributed by atoms with van der Waals surface area (Å²) in [4.78, 5) is 5.98. The second kappa shape index (κ2) is 11.6. The molecular weight excluding hydrogens is 372 g/mol. The van der Waals surface area contributed by atoms with E-state index in [2.05, 4.69) is 20.5 Å². The van der Waals surface area contributed by atoms with Crippen molar-refractivity contribution in [2.75, 3.05) is 39.8 Å². The number of hydrogen-bond acceptors (Lipinski definition) is 2. The van der Waals surface area contributed by atoms with Crippen molar-refractivity contribution in [1.29, 1.82) is 0 Å². The molecule has 0 amide bonds.